The molecule has 8 nitrogen and oxygen atoms in total. The molecular formula is C8H9N5O3. The first-order valence-electron chi connectivity index (χ1n) is 4.51. The van der Waals surface area contributed by atoms with Gasteiger partial charge in [0.1, 0.15) is 17.2 Å². The summed E-state index contributed by atoms with van der Waals surface area (Å²) in [5.41, 5.74) is 6.03. The van der Waals surface area contributed by atoms with Crippen molar-refractivity contribution in [3.63, 3.8) is 0 Å². The Morgan fingerprint density at radius 2 is 2.38 bits per heavy atom. The van der Waals surface area contributed by atoms with E-state index in [0.29, 0.717) is 24.5 Å². The van der Waals surface area contributed by atoms with Gasteiger partial charge in [-0.25, -0.2) is 4.68 Å². The summed E-state index contributed by atoms with van der Waals surface area (Å²) in [6.45, 7) is 0.596. The standard InChI is InChI=1S/C8H9N5O3/c9-3-6-4-12(11-10-6)5-7-1-2-8(16-7)13(14)15/h1-2,4H,3,5,9H2. The Kier molecular flexibility index (Phi) is 2.64. The zero-order chi connectivity index (χ0) is 11.5. The maximum absolute atomic E-state index is 10.4. The summed E-state index contributed by atoms with van der Waals surface area (Å²) in [6.07, 6.45) is 1.66. The Morgan fingerprint density at radius 3 is 2.94 bits per heavy atom. The van der Waals surface area contributed by atoms with Gasteiger partial charge in [0, 0.05) is 6.54 Å². The van der Waals surface area contributed by atoms with Gasteiger partial charge in [-0.15, -0.1) is 5.10 Å². The average Bonchev–Trinajstić information content (AvgIpc) is 2.87. The van der Waals surface area contributed by atoms with Crippen molar-refractivity contribution in [3.8, 4) is 0 Å². The lowest BCUT2D eigenvalue weighted by molar-refractivity contribution is -0.402. The van der Waals surface area contributed by atoms with E-state index in [1.165, 1.54) is 16.8 Å². The quantitative estimate of drug-likeness (QED) is 0.588. The van der Waals surface area contributed by atoms with Crippen molar-refractivity contribution in [2.24, 2.45) is 5.73 Å². The Labute approximate surface area is 89.8 Å². The van der Waals surface area contributed by atoms with Gasteiger partial charge in [-0.1, -0.05) is 5.21 Å². The predicted molar refractivity (Wildman–Crippen MR) is 52.4 cm³/mol. The monoisotopic (exact) mass is 223 g/mol. The second kappa shape index (κ2) is 4.11. The minimum Gasteiger partial charge on any atom is -0.404 e. The lowest BCUT2D eigenvalue weighted by Crippen LogP contribution is -1.99. The first-order chi connectivity index (χ1) is 7.69. The highest BCUT2D eigenvalue weighted by molar-refractivity contribution is 5.17. The average molecular weight is 223 g/mol. The van der Waals surface area contributed by atoms with Crippen LogP contribution in [0.1, 0.15) is 11.5 Å². The largest absolute Gasteiger partial charge is 0.433 e. The minimum atomic E-state index is -0.587. The van der Waals surface area contributed by atoms with E-state index in [4.69, 9.17) is 10.2 Å². The third-order valence-corrected chi connectivity index (χ3v) is 1.94. The molecule has 0 aromatic carbocycles. The molecule has 0 saturated heterocycles. The Morgan fingerprint density at radius 1 is 1.56 bits per heavy atom. The first-order valence-corrected chi connectivity index (χ1v) is 4.51. The molecule has 0 atom stereocenters. The maximum atomic E-state index is 10.4. The van der Waals surface area contributed by atoms with Crippen LogP contribution in [0.3, 0.4) is 0 Å². The molecule has 2 aromatic heterocycles. The smallest absolute Gasteiger partial charge is 0.404 e. The van der Waals surface area contributed by atoms with Crippen LogP contribution >= 0.6 is 0 Å². The van der Waals surface area contributed by atoms with Gasteiger partial charge in [-0.2, -0.15) is 0 Å². The van der Waals surface area contributed by atoms with Crippen LogP contribution in [0.5, 0.6) is 0 Å². The molecule has 0 bridgehead atoms. The van der Waals surface area contributed by atoms with Gasteiger partial charge < -0.3 is 10.2 Å². The molecule has 0 aliphatic heterocycles. The highest BCUT2D eigenvalue weighted by Gasteiger charge is 2.12. The number of rotatable bonds is 4. The number of furan rings is 1. The minimum absolute atomic E-state index is 0.283. The van der Waals surface area contributed by atoms with Crippen molar-refractivity contribution in [2.45, 2.75) is 13.1 Å². The van der Waals surface area contributed by atoms with Crippen molar-refractivity contribution in [2.75, 3.05) is 0 Å². The fraction of sp³-hybridized carbons (Fsp3) is 0.250. The van der Waals surface area contributed by atoms with Crippen molar-refractivity contribution in [3.05, 3.63) is 39.9 Å². The van der Waals surface area contributed by atoms with Crippen LogP contribution in [0.25, 0.3) is 0 Å². The Hall–Kier alpha value is -2.22. The Balaban J connectivity index is 2.11. The molecule has 2 heterocycles. The molecule has 0 spiro atoms. The molecule has 0 aliphatic carbocycles. The summed E-state index contributed by atoms with van der Waals surface area (Å²) < 4.78 is 6.48. The number of aromatic nitrogens is 3. The summed E-state index contributed by atoms with van der Waals surface area (Å²) in [5, 5.41) is 18.0. The Bertz CT molecular complexity index is 503. The van der Waals surface area contributed by atoms with Crippen molar-refractivity contribution in [1.29, 1.82) is 0 Å². The topological polar surface area (TPSA) is 113 Å². The van der Waals surface area contributed by atoms with Gasteiger partial charge in [0.25, 0.3) is 0 Å². The van der Waals surface area contributed by atoms with Crippen LogP contribution in [0, 0.1) is 10.1 Å². The molecule has 0 saturated carbocycles. The fourth-order valence-electron chi connectivity index (χ4n) is 1.22. The highest BCUT2D eigenvalue weighted by Crippen LogP contribution is 2.16. The molecule has 2 aromatic rings. The van der Waals surface area contributed by atoms with E-state index >= 15 is 0 Å². The molecule has 0 radical (unpaired) electrons. The second-order valence-electron chi connectivity index (χ2n) is 3.11. The number of hydrogen-bond donors (Lipinski definition) is 1. The van der Waals surface area contributed by atoms with Crippen molar-refractivity contribution in [1.82, 2.24) is 15.0 Å². The number of nitro groups is 1. The van der Waals surface area contributed by atoms with E-state index in [0.717, 1.165) is 0 Å². The first kappa shape index (κ1) is 10.3. The molecule has 16 heavy (non-hydrogen) atoms. The van der Waals surface area contributed by atoms with E-state index in [1.807, 2.05) is 0 Å². The molecule has 8 heteroatoms. The summed E-state index contributed by atoms with van der Waals surface area (Å²) >= 11 is 0. The van der Waals surface area contributed by atoms with Gasteiger partial charge in [0.2, 0.25) is 0 Å². The lowest BCUT2D eigenvalue weighted by Gasteiger charge is -1.94. The third kappa shape index (κ3) is 2.06. The van der Waals surface area contributed by atoms with E-state index in [9.17, 15) is 10.1 Å². The fourth-order valence-corrected chi connectivity index (χ4v) is 1.22. The van der Waals surface area contributed by atoms with Crippen LogP contribution in [-0.2, 0) is 13.1 Å². The summed E-state index contributed by atoms with van der Waals surface area (Å²) in [7, 11) is 0. The zero-order valence-electron chi connectivity index (χ0n) is 8.24. The van der Waals surface area contributed by atoms with Gasteiger partial charge in [-0.05, 0) is 6.07 Å². The maximum Gasteiger partial charge on any atom is 0.433 e. The SMILES string of the molecule is NCc1cn(Cc2ccc([N+](=O)[O-])o2)nn1. The number of hydrogen-bond acceptors (Lipinski definition) is 6. The molecule has 0 unspecified atom stereocenters. The summed E-state index contributed by atoms with van der Waals surface area (Å²) in [6, 6.07) is 2.83. The van der Waals surface area contributed by atoms with Crippen molar-refractivity contribution >= 4 is 5.88 Å². The van der Waals surface area contributed by atoms with E-state index < -0.39 is 4.92 Å². The summed E-state index contributed by atoms with van der Waals surface area (Å²) in [4.78, 5) is 9.79. The van der Waals surface area contributed by atoms with Crippen LogP contribution in [0.4, 0.5) is 5.88 Å². The van der Waals surface area contributed by atoms with Crippen LogP contribution in [0.2, 0.25) is 0 Å². The molecule has 2 N–H and O–H groups in total. The third-order valence-electron chi connectivity index (χ3n) is 1.94. The van der Waals surface area contributed by atoms with Crippen LogP contribution < -0.4 is 5.73 Å². The molecule has 0 amide bonds. The molecular weight excluding hydrogens is 214 g/mol. The van der Waals surface area contributed by atoms with Gasteiger partial charge in [0.05, 0.1) is 18.0 Å². The lowest BCUT2D eigenvalue weighted by atomic mass is 10.4. The second-order valence-corrected chi connectivity index (χ2v) is 3.11. The van der Waals surface area contributed by atoms with Gasteiger partial charge in [-0.3, -0.25) is 10.1 Å². The van der Waals surface area contributed by atoms with E-state index in [1.54, 1.807) is 6.20 Å². The van der Waals surface area contributed by atoms with Gasteiger partial charge in [0.15, 0.2) is 0 Å². The van der Waals surface area contributed by atoms with Crippen LogP contribution in [-0.4, -0.2) is 19.9 Å². The predicted octanol–water partition coefficient (Wildman–Crippen LogP) is 0.286. The molecule has 84 valence electrons. The number of nitrogens with zero attached hydrogens (tertiary/aromatic N) is 4. The molecule has 0 fully saturated rings. The van der Waals surface area contributed by atoms with Crippen LogP contribution in [0.15, 0.2) is 22.7 Å². The molecule has 2 rings (SSSR count). The zero-order valence-corrected chi connectivity index (χ0v) is 8.24. The normalized spacial score (nSPS) is 10.6. The summed E-state index contributed by atoms with van der Waals surface area (Å²) in [5.74, 6) is 0.161. The molecule has 0 aliphatic rings. The van der Waals surface area contributed by atoms with Crippen molar-refractivity contribution < 1.29 is 9.34 Å². The highest BCUT2D eigenvalue weighted by atomic mass is 16.6. The number of nitrogens with two attached hydrogens (primary N) is 1. The van der Waals surface area contributed by atoms with E-state index in [-0.39, 0.29) is 5.88 Å². The van der Waals surface area contributed by atoms with Gasteiger partial charge >= 0.3 is 5.88 Å². The van der Waals surface area contributed by atoms with E-state index in [2.05, 4.69) is 10.3 Å².